The number of aryl methyl sites for hydroxylation is 1. The molecule has 1 unspecified atom stereocenters. The van der Waals surface area contributed by atoms with Gasteiger partial charge in [-0.15, -0.1) is 0 Å². The Morgan fingerprint density at radius 1 is 1.41 bits per heavy atom. The van der Waals surface area contributed by atoms with Gasteiger partial charge in [0, 0.05) is 0 Å². The summed E-state index contributed by atoms with van der Waals surface area (Å²) in [5.41, 5.74) is 0.970. The van der Waals surface area contributed by atoms with Crippen LogP contribution in [0.1, 0.15) is 0 Å². The molecule has 0 saturated carbocycles. The molecule has 0 aliphatic heterocycles. The van der Waals surface area contributed by atoms with Crippen LogP contribution in [-0.4, -0.2) is 42.0 Å². The first-order valence-electron chi connectivity index (χ1n) is 4.78. The molecule has 0 spiro atoms. The van der Waals surface area contributed by atoms with Crippen molar-refractivity contribution >= 4 is 43.3 Å². The van der Waals surface area contributed by atoms with Crippen LogP contribution < -0.4 is 3.80 Å². The first-order valence-corrected chi connectivity index (χ1v) is 7.69. The molecule has 0 aliphatic rings. The summed E-state index contributed by atoms with van der Waals surface area (Å²) in [7, 11) is 1.76. The van der Waals surface area contributed by atoms with Gasteiger partial charge in [0.2, 0.25) is 0 Å². The van der Waals surface area contributed by atoms with Gasteiger partial charge in [0.25, 0.3) is 0 Å². The summed E-state index contributed by atoms with van der Waals surface area (Å²) in [6, 6.07) is 4.08. The Balaban J connectivity index is 2.17. The second kappa shape index (κ2) is 4.33. The van der Waals surface area contributed by atoms with Crippen LogP contribution in [0, 0.1) is 0 Å². The first-order chi connectivity index (χ1) is 8.24. The van der Waals surface area contributed by atoms with Crippen molar-refractivity contribution in [2.75, 3.05) is 0 Å². The molecule has 0 radical (unpaired) electrons. The molecule has 86 valence electrons. The van der Waals surface area contributed by atoms with Gasteiger partial charge in [0.05, 0.1) is 0 Å². The molecule has 0 N–H and O–H groups in total. The van der Waals surface area contributed by atoms with Crippen molar-refractivity contribution in [3.63, 3.8) is 0 Å². The molecule has 5 nitrogen and oxygen atoms in total. The number of tetrazole rings is 1. The van der Waals surface area contributed by atoms with Gasteiger partial charge >= 0.3 is 114 Å². The van der Waals surface area contributed by atoms with E-state index in [1.807, 2.05) is 11.4 Å². The quantitative estimate of drug-likeness (QED) is 0.637. The fourth-order valence-corrected chi connectivity index (χ4v) is 4.01. The molecule has 8 heteroatoms. The van der Waals surface area contributed by atoms with Crippen molar-refractivity contribution in [2.24, 2.45) is 7.05 Å². The summed E-state index contributed by atoms with van der Waals surface area (Å²) in [6.45, 7) is 0. The second-order valence-electron chi connectivity index (χ2n) is 3.31. The number of hydrogen-bond donors (Lipinski definition) is 0. The zero-order chi connectivity index (χ0) is 11.8. The minimum atomic E-state index is 0.650. The Morgan fingerprint density at radius 2 is 2.29 bits per heavy atom. The van der Waals surface area contributed by atoms with Crippen LogP contribution in [-0.2, 0) is 7.05 Å². The molecule has 0 aromatic carbocycles. The second-order valence-corrected chi connectivity index (χ2v) is 7.31. The molecule has 0 saturated heterocycles. The van der Waals surface area contributed by atoms with Crippen LogP contribution in [0.5, 0.6) is 0 Å². The maximum absolute atomic E-state index is 4.58. The van der Waals surface area contributed by atoms with Crippen molar-refractivity contribution in [2.45, 2.75) is 0 Å². The van der Waals surface area contributed by atoms with Crippen LogP contribution in [0.25, 0.3) is 21.3 Å². The van der Waals surface area contributed by atoms with E-state index in [0.29, 0.717) is 5.82 Å². The predicted molar refractivity (Wildman–Crippen MR) is 71.4 cm³/mol. The van der Waals surface area contributed by atoms with E-state index >= 15 is 0 Å². The number of thiazole rings is 1. The maximum atomic E-state index is 4.58. The molecule has 1 atom stereocenters. The number of thiophene rings is 1. The molecule has 0 aliphatic carbocycles. The summed E-state index contributed by atoms with van der Waals surface area (Å²) >= 11 is 4.81. The Hall–Kier alpha value is -1.04. The fourth-order valence-electron chi connectivity index (χ4n) is 1.44. The summed E-state index contributed by atoms with van der Waals surface area (Å²) < 4.78 is 1.07. The average molecular weight is 325 g/mol. The van der Waals surface area contributed by atoms with Crippen molar-refractivity contribution in [3.05, 3.63) is 17.5 Å². The first kappa shape index (κ1) is 11.1. The van der Waals surface area contributed by atoms with Gasteiger partial charge in [-0.25, -0.2) is 0 Å². The van der Waals surface area contributed by atoms with Crippen molar-refractivity contribution in [1.29, 1.82) is 0 Å². The van der Waals surface area contributed by atoms with Crippen molar-refractivity contribution in [3.8, 4) is 21.3 Å². The molecule has 3 rings (SSSR count). The zero-order valence-electron chi connectivity index (χ0n) is 8.86. The summed E-state index contributed by atoms with van der Waals surface area (Å²) in [6.07, 6.45) is 0. The third-order valence-electron chi connectivity index (χ3n) is 2.11. The summed E-state index contributed by atoms with van der Waals surface area (Å²) in [5.74, 6) is 0.650. The average Bonchev–Trinajstić information content (AvgIpc) is 2.96. The van der Waals surface area contributed by atoms with E-state index in [1.54, 1.807) is 29.7 Å². The van der Waals surface area contributed by atoms with Crippen LogP contribution >= 0.6 is 22.7 Å². The van der Waals surface area contributed by atoms with E-state index in [2.05, 4.69) is 26.5 Å². The molecule has 3 aromatic heterocycles. The van der Waals surface area contributed by atoms with E-state index in [0.717, 1.165) is 19.2 Å². The normalized spacial score (nSPS) is 10.9. The third kappa shape index (κ3) is 2.06. The number of nitrogens with zero attached hydrogens (tertiary/aromatic N) is 5. The van der Waals surface area contributed by atoms with Gasteiger partial charge in [-0.1, -0.05) is 0 Å². The van der Waals surface area contributed by atoms with E-state index in [4.69, 9.17) is 0 Å². The van der Waals surface area contributed by atoms with Gasteiger partial charge in [0.15, 0.2) is 0 Å². The van der Waals surface area contributed by atoms with Crippen molar-refractivity contribution < 1.29 is 0 Å². The van der Waals surface area contributed by atoms with Crippen molar-refractivity contribution in [1.82, 2.24) is 25.2 Å². The monoisotopic (exact) mass is 325 g/mol. The molecular weight excluding hydrogens is 317 g/mol. The Labute approximate surface area is 114 Å². The number of hydrogen-bond acceptors (Lipinski definition) is 6. The molecular formula is C9H8AsN5S2. The molecule has 0 fully saturated rings. The van der Waals surface area contributed by atoms with E-state index in [9.17, 15) is 0 Å². The van der Waals surface area contributed by atoms with E-state index < -0.39 is 0 Å². The summed E-state index contributed by atoms with van der Waals surface area (Å²) in [4.78, 5) is 8.19. The van der Waals surface area contributed by atoms with E-state index in [-0.39, 0.29) is 0 Å². The van der Waals surface area contributed by atoms with Crippen LogP contribution in [0.4, 0.5) is 0 Å². The minimum absolute atomic E-state index is 0.650. The van der Waals surface area contributed by atoms with Crippen LogP contribution in [0.3, 0.4) is 0 Å². The van der Waals surface area contributed by atoms with Crippen LogP contribution in [0.15, 0.2) is 17.5 Å². The SMILES string of the molecule is Cn1nnc(-c2sc([AsH2])nc2-c2cccs2)n1. The van der Waals surface area contributed by atoms with Gasteiger partial charge < -0.3 is 0 Å². The molecule has 0 amide bonds. The fraction of sp³-hybridized carbons (Fsp3) is 0.111. The van der Waals surface area contributed by atoms with Gasteiger partial charge in [-0.05, 0) is 0 Å². The van der Waals surface area contributed by atoms with E-state index in [1.165, 1.54) is 21.6 Å². The molecule has 3 heterocycles. The Bertz CT molecular complexity index is 642. The topological polar surface area (TPSA) is 56.5 Å². The zero-order valence-corrected chi connectivity index (χ0v) is 12.9. The standard InChI is InChI=1S/C9H8AsN5S2/c1-15-13-8(12-14-15)7-6(11-9(10)17-7)5-3-2-4-16-5/h2-4H,10H2,1H3. The molecule has 3 aromatic rings. The molecule has 17 heavy (non-hydrogen) atoms. The van der Waals surface area contributed by atoms with Gasteiger partial charge in [0.1, 0.15) is 0 Å². The Kier molecular flexibility index (Phi) is 2.82. The number of rotatable bonds is 2. The Morgan fingerprint density at radius 3 is 2.94 bits per heavy atom. The van der Waals surface area contributed by atoms with Crippen LogP contribution in [0.2, 0.25) is 0 Å². The number of aromatic nitrogens is 5. The van der Waals surface area contributed by atoms with Gasteiger partial charge in [-0.2, -0.15) is 0 Å². The molecule has 0 bridgehead atoms. The predicted octanol–water partition coefficient (Wildman–Crippen LogP) is 0.320. The third-order valence-corrected chi connectivity index (χ3v) is 4.88. The van der Waals surface area contributed by atoms with Gasteiger partial charge in [-0.3, -0.25) is 0 Å². The summed E-state index contributed by atoms with van der Waals surface area (Å²) in [5, 5.41) is 14.2.